The van der Waals surface area contributed by atoms with E-state index in [0.29, 0.717) is 23.9 Å². The van der Waals surface area contributed by atoms with E-state index in [4.69, 9.17) is 0 Å². The number of amides is 2. The van der Waals surface area contributed by atoms with Gasteiger partial charge in [-0.1, -0.05) is 26.0 Å². The molecular formula is C18H28FN3O2. The molecule has 0 spiro atoms. The molecule has 134 valence electrons. The summed E-state index contributed by atoms with van der Waals surface area (Å²) in [6.07, 6.45) is 0.259. The molecule has 1 aromatic rings. The molecule has 2 rings (SSSR count). The van der Waals surface area contributed by atoms with Crippen LogP contribution in [0.3, 0.4) is 0 Å². The van der Waals surface area contributed by atoms with E-state index in [9.17, 15) is 14.3 Å². The first-order valence-electron chi connectivity index (χ1n) is 8.61. The predicted molar refractivity (Wildman–Crippen MR) is 92.1 cm³/mol. The van der Waals surface area contributed by atoms with Gasteiger partial charge >= 0.3 is 6.03 Å². The van der Waals surface area contributed by atoms with E-state index in [-0.39, 0.29) is 18.4 Å². The molecule has 2 unspecified atom stereocenters. The zero-order chi connectivity index (χ0) is 17.5. The standard InChI is InChI=1S/C18H28FN3O2/c1-13(2)11-22-8-7-14(12-22)9-20-18(24)21-10-17(23)15-3-5-16(19)6-4-15/h3-6,13-14,17,23H,7-12H2,1-2H3,(H2,20,21,24). The topological polar surface area (TPSA) is 64.6 Å². The van der Waals surface area contributed by atoms with Crippen LogP contribution in [0.25, 0.3) is 0 Å². The number of aliphatic hydroxyl groups is 1. The monoisotopic (exact) mass is 337 g/mol. The highest BCUT2D eigenvalue weighted by Crippen LogP contribution is 2.16. The fourth-order valence-electron chi connectivity index (χ4n) is 3.05. The Morgan fingerprint density at radius 1 is 1.33 bits per heavy atom. The number of urea groups is 1. The van der Waals surface area contributed by atoms with Crippen molar-refractivity contribution in [3.8, 4) is 0 Å². The molecule has 0 saturated carbocycles. The minimum absolute atomic E-state index is 0.0988. The van der Waals surface area contributed by atoms with Crippen LogP contribution >= 0.6 is 0 Å². The van der Waals surface area contributed by atoms with Gasteiger partial charge in [-0.25, -0.2) is 9.18 Å². The largest absolute Gasteiger partial charge is 0.387 e. The van der Waals surface area contributed by atoms with Gasteiger partial charge in [-0.15, -0.1) is 0 Å². The highest BCUT2D eigenvalue weighted by molar-refractivity contribution is 5.73. The minimum atomic E-state index is -0.843. The van der Waals surface area contributed by atoms with Gasteiger partial charge in [-0.3, -0.25) is 0 Å². The van der Waals surface area contributed by atoms with E-state index in [1.807, 2.05) is 0 Å². The number of halogens is 1. The number of benzene rings is 1. The van der Waals surface area contributed by atoms with Crippen LogP contribution in [-0.4, -0.2) is 48.8 Å². The molecule has 24 heavy (non-hydrogen) atoms. The molecular weight excluding hydrogens is 309 g/mol. The molecule has 1 heterocycles. The lowest BCUT2D eigenvalue weighted by molar-refractivity contribution is 0.172. The van der Waals surface area contributed by atoms with Crippen LogP contribution in [0.1, 0.15) is 31.9 Å². The first-order valence-corrected chi connectivity index (χ1v) is 8.61. The van der Waals surface area contributed by atoms with Gasteiger partial charge < -0.3 is 20.6 Å². The third-order valence-electron chi connectivity index (χ3n) is 4.26. The van der Waals surface area contributed by atoms with Crippen LogP contribution in [0.15, 0.2) is 24.3 Å². The summed E-state index contributed by atoms with van der Waals surface area (Å²) in [5.74, 6) is 0.796. The highest BCUT2D eigenvalue weighted by atomic mass is 19.1. The average Bonchev–Trinajstić information content (AvgIpc) is 2.98. The average molecular weight is 337 g/mol. The smallest absolute Gasteiger partial charge is 0.314 e. The number of nitrogens with zero attached hydrogens (tertiary/aromatic N) is 1. The van der Waals surface area contributed by atoms with E-state index in [1.54, 1.807) is 0 Å². The molecule has 0 aliphatic carbocycles. The Balaban J connectivity index is 1.64. The Morgan fingerprint density at radius 2 is 2.04 bits per heavy atom. The van der Waals surface area contributed by atoms with Crippen molar-refractivity contribution >= 4 is 6.03 Å². The number of nitrogens with one attached hydrogen (secondary N) is 2. The van der Waals surface area contributed by atoms with Crippen LogP contribution in [-0.2, 0) is 0 Å². The third-order valence-corrected chi connectivity index (χ3v) is 4.26. The Bertz CT molecular complexity index is 522. The van der Waals surface area contributed by atoms with Crippen LogP contribution in [0, 0.1) is 17.7 Å². The van der Waals surface area contributed by atoms with Crippen molar-refractivity contribution in [3.05, 3.63) is 35.6 Å². The molecule has 1 aliphatic heterocycles. The van der Waals surface area contributed by atoms with Crippen LogP contribution in [0.2, 0.25) is 0 Å². The van der Waals surface area contributed by atoms with Gasteiger partial charge in [0.2, 0.25) is 0 Å². The van der Waals surface area contributed by atoms with Gasteiger partial charge in [-0.05, 0) is 42.5 Å². The predicted octanol–water partition coefficient (Wildman–Crippen LogP) is 2.14. The summed E-state index contributed by atoms with van der Waals surface area (Å²) >= 11 is 0. The number of carbonyl (C=O) groups is 1. The number of likely N-dealkylation sites (tertiary alicyclic amines) is 1. The Kier molecular flexibility index (Phi) is 6.99. The molecule has 0 bridgehead atoms. The summed E-state index contributed by atoms with van der Waals surface area (Å²) in [5, 5.41) is 15.5. The molecule has 5 nitrogen and oxygen atoms in total. The Morgan fingerprint density at radius 3 is 2.71 bits per heavy atom. The van der Waals surface area contributed by atoms with E-state index < -0.39 is 6.10 Å². The van der Waals surface area contributed by atoms with Gasteiger partial charge in [0, 0.05) is 26.2 Å². The molecule has 6 heteroatoms. The number of hydrogen-bond acceptors (Lipinski definition) is 3. The summed E-state index contributed by atoms with van der Waals surface area (Å²) in [4.78, 5) is 14.3. The molecule has 1 aromatic carbocycles. The van der Waals surface area contributed by atoms with E-state index in [0.717, 1.165) is 26.1 Å². The molecule has 3 N–H and O–H groups in total. The molecule has 1 aliphatic rings. The zero-order valence-corrected chi connectivity index (χ0v) is 14.5. The number of hydrogen-bond donors (Lipinski definition) is 3. The summed E-state index contributed by atoms with van der Waals surface area (Å²) in [7, 11) is 0. The molecule has 2 amide bonds. The van der Waals surface area contributed by atoms with Crippen molar-refractivity contribution in [2.24, 2.45) is 11.8 Å². The van der Waals surface area contributed by atoms with Crippen molar-refractivity contribution in [2.45, 2.75) is 26.4 Å². The van der Waals surface area contributed by atoms with Crippen LogP contribution in [0.4, 0.5) is 9.18 Å². The molecule has 1 saturated heterocycles. The summed E-state index contributed by atoms with van der Waals surface area (Å²) in [5.41, 5.74) is 0.580. The normalized spacial score (nSPS) is 19.5. The zero-order valence-electron chi connectivity index (χ0n) is 14.5. The lowest BCUT2D eigenvalue weighted by Gasteiger charge is -2.18. The number of rotatable bonds is 7. The van der Waals surface area contributed by atoms with Crippen molar-refractivity contribution in [1.82, 2.24) is 15.5 Å². The van der Waals surface area contributed by atoms with Gasteiger partial charge in [0.05, 0.1) is 6.10 Å². The van der Waals surface area contributed by atoms with Crippen molar-refractivity contribution in [2.75, 3.05) is 32.7 Å². The van der Waals surface area contributed by atoms with Crippen LogP contribution in [0.5, 0.6) is 0 Å². The maximum absolute atomic E-state index is 12.8. The fraction of sp³-hybridized carbons (Fsp3) is 0.611. The second kappa shape index (κ2) is 8.99. The second-order valence-electron chi connectivity index (χ2n) is 6.97. The van der Waals surface area contributed by atoms with E-state index in [2.05, 4.69) is 29.4 Å². The molecule has 1 fully saturated rings. The maximum atomic E-state index is 12.8. The van der Waals surface area contributed by atoms with Gasteiger partial charge in [-0.2, -0.15) is 0 Å². The summed E-state index contributed by atoms with van der Waals surface area (Å²) in [6.45, 7) is 8.39. The highest BCUT2D eigenvalue weighted by Gasteiger charge is 2.23. The SMILES string of the molecule is CC(C)CN1CCC(CNC(=O)NCC(O)c2ccc(F)cc2)C1. The minimum Gasteiger partial charge on any atom is -0.387 e. The van der Waals surface area contributed by atoms with Crippen molar-refractivity contribution in [3.63, 3.8) is 0 Å². The first kappa shape index (κ1) is 18.7. The van der Waals surface area contributed by atoms with Gasteiger partial charge in [0.25, 0.3) is 0 Å². The Labute approximate surface area is 143 Å². The van der Waals surface area contributed by atoms with Crippen molar-refractivity contribution < 1.29 is 14.3 Å². The number of aliphatic hydroxyl groups excluding tert-OH is 1. The van der Waals surface area contributed by atoms with E-state index >= 15 is 0 Å². The van der Waals surface area contributed by atoms with Gasteiger partial charge in [0.1, 0.15) is 5.82 Å². The van der Waals surface area contributed by atoms with Crippen LogP contribution < -0.4 is 10.6 Å². The maximum Gasteiger partial charge on any atom is 0.314 e. The second-order valence-corrected chi connectivity index (χ2v) is 6.97. The molecule has 0 aromatic heterocycles. The lowest BCUT2D eigenvalue weighted by atomic mass is 10.1. The molecule has 0 radical (unpaired) electrons. The lowest BCUT2D eigenvalue weighted by Crippen LogP contribution is -2.40. The van der Waals surface area contributed by atoms with Gasteiger partial charge in [0.15, 0.2) is 0 Å². The summed E-state index contributed by atoms with van der Waals surface area (Å²) < 4.78 is 12.8. The first-order chi connectivity index (χ1) is 11.4. The quantitative estimate of drug-likeness (QED) is 0.714. The Hall–Kier alpha value is -1.66. The molecule has 2 atom stereocenters. The van der Waals surface area contributed by atoms with E-state index in [1.165, 1.54) is 24.3 Å². The fourth-order valence-corrected chi connectivity index (χ4v) is 3.05. The third kappa shape index (κ3) is 6.09. The van der Waals surface area contributed by atoms with Crippen molar-refractivity contribution in [1.29, 1.82) is 0 Å². The summed E-state index contributed by atoms with van der Waals surface area (Å²) in [6, 6.07) is 5.34. The number of carbonyl (C=O) groups excluding carboxylic acids is 1.